The van der Waals surface area contributed by atoms with Crippen LogP contribution in [0.1, 0.15) is 34.7 Å². The van der Waals surface area contributed by atoms with E-state index in [9.17, 15) is 0 Å². The summed E-state index contributed by atoms with van der Waals surface area (Å²) >= 11 is 0. The summed E-state index contributed by atoms with van der Waals surface area (Å²) in [4.78, 5) is 2.65. The first-order valence-electron chi connectivity index (χ1n) is 7.85. The van der Waals surface area contributed by atoms with E-state index in [1.54, 1.807) is 7.11 Å². The smallest absolute Gasteiger partial charge is 0.119 e. The second-order valence-electron chi connectivity index (χ2n) is 6.06. The molecule has 2 aromatic carbocycles. The monoisotopic (exact) mass is 315 g/mol. The summed E-state index contributed by atoms with van der Waals surface area (Å²) in [5.74, 6) is 0.976. The summed E-state index contributed by atoms with van der Waals surface area (Å²) in [6, 6.07) is 16.0. The summed E-state index contributed by atoms with van der Waals surface area (Å²) in [6.45, 7) is 2.35. The van der Waals surface area contributed by atoms with Gasteiger partial charge < -0.3 is 4.74 Å². The molecular formula is C19H22ClNO. The Morgan fingerprint density at radius 3 is 2.64 bits per heavy atom. The van der Waals surface area contributed by atoms with E-state index in [-0.39, 0.29) is 12.4 Å². The molecule has 2 aromatic rings. The van der Waals surface area contributed by atoms with E-state index in [0.29, 0.717) is 6.04 Å². The molecule has 0 saturated heterocycles. The second-order valence-corrected chi connectivity index (χ2v) is 6.06. The minimum atomic E-state index is 0. The summed E-state index contributed by atoms with van der Waals surface area (Å²) < 4.78 is 5.40. The maximum atomic E-state index is 5.40. The predicted octanol–water partition coefficient (Wildman–Crippen LogP) is 4.01. The van der Waals surface area contributed by atoms with Crippen molar-refractivity contribution < 1.29 is 4.74 Å². The van der Waals surface area contributed by atoms with E-state index in [1.165, 1.54) is 41.6 Å². The predicted molar refractivity (Wildman–Crippen MR) is 92.1 cm³/mol. The third-order valence-corrected chi connectivity index (χ3v) is 4.92. The molecule has 1 unspecified atom stereocenters. The largest absolute Gasteiger partial charge is 0.497 e. The number of fused-ring (bicyclic) bond motifs is 5. The highest BCUT2D eigenvalue weighted by Gasteiger charge is 2.31. The summed E-state index contributed by atoms with van der Waals surface area (Å²) in [5.41, 5.74) is 5.94. The second kappa shape index (κ2) is 6.31. The number of methoxy groups -OCH3 is 1. The highest BCUT2D eigenvalue weighted by atomic mass is 35.5. The Balaban J connectivity index is 0.00000144. The Labute approximate surface area is 138 Å². The van der Waals surface area contributed by atoms with Crippen LogP contribution in [0.5, 0.6) is 5.75 Å². The van der Waals surface area contributed by atoms with Crippen molar-refractivity contribution in [3.8, 4) is 5.75 Å². The average Bonchev–Trinajstić information content (AvgIpc) is 2.73. The van der Waals surface area contributed by atoms with Crippen LogP contribution >= 0.6 is 12.4 Å². The number of aryl methyl sites for hydroxylation is 1. The lowest BCUT2D eigenvalue weighted by atomic mass is 9.86. The zero-order chi connectivity index (χ0) is 14.2. The van der Waals surface area contributed by atoms with Crippen molar-refractivity contribution in [3.05, 3.63) is 64.7 Å². The highest BCUT2D eigenvalue weighted by Crippen LogP contribution is 2.39. The molecule has 3 heteroatoms. The van der Waals surface area contributed by atoms with Crippen LogP contribution < -0.4 is 4.74 Å². The van der Waals surface area contributed by atoms with Gasteiger partial charge in [-0.3, -0.25) is 4.90 Å². The van der Waals surface area contributed by atoms with Crippen molar-refractivity contribution in [3.63, 3.8) is 0 Å². The lowest BCUT2D eigenvalue weighted by Gasteiger charge is -2.37. The van der Waals surface area contributed by atoms with Crippen molar-refractivity contribution >= 4 is 12.4 Å². The van der Waals surface area contributed by atoms with Crippen LogP contribution in [0.4, 0.5) is 0 Å². The normalized spacial score (nSPS) is 20.0. The van der Waals surface area contributed by atoms with E-state index in [0.717, 1.165) is 18.7 Å². The van der Waals surface area contributed by atoms with Gasteiger partial charge in [0.1, 0.15) is 5.75 Å². The fourth-order valence-electron chi connectivity index (χ4n) is 3.89. The maximum Gasteiger partial charge on any atom is 0.119 e. The van der Waals surface area contributed by atoms with Crippen LogP contribution in [0.25, 0.3) is 0 Å². The number of hydrogen-bond donors (Lipinski definition) is 0. The molecule has 0 saturated carbocycles. The number of nitrogens with zero attached hydrogens (tertiary/aromatic N) is 1. The van der Waals surface area contributed by atoms with Gasteiger partial charge in [-0.1, -0.05) is 30.3 Å². The van der Waals surface area contributed by atoms with Crippen LogP contribution in [-0.4, -0.2) is 25.1 Å². The van der Waals surface area contributed by atoms with Gasteiger partial charge >= 0.3 is 0 Å². The van der Waals surface area contributed by atoms with Gasteiger partial charge in [-0.15, -0.1) is 12.4 Å². The Bertz CT molecular complexity index is 670. The molecule has 0 aliphatic carbocycles. The van der Waals surface area contributed by atoms with E-state index in [1.807, 2.05) is 0 Å². The van der Waals surface area contributed by atoms with Gasteiger partial charge in [-0.05, 0) is 60.2 Å². The highest BCUT2D eigenvalue weighted by molar-refractivity contribution is 5.85. The van der Waals surface area contributed by atoms with Crippen molar-refractivity contribution in [2.75, 3.05) is 20.2 Å². The average molecular weight is 316 g/mol. The van der Waals surface area contributed by atoms with E-state index in [2.05, 4.69) is 47.4 Å². The van der Waals surface area contributed by atoms with Gasteiger partial charge in [0, 0.05) is 6.54 Å². The fourth-order valence-corrected chi connectivity index (χ4v) is 3.89. The molecule has 0 amide bonds. The number of rotatable bonds is 1. The SMILES string of the molecule is COc1ccc2c(c1)CCN1CCCc3ccccc3C21.Cl. The van der Waals surface area contributed by atoms with E-state index in [4.69, 9.17) is 4.74 Å². The van der Waals surface area contributed by atoms with Crippen molar-refractivity contribution in [1.29, 1.82) is 0 Å². The van der Waals surface area contributed by atoms with Gasteiger partial charge in [0.05, 0.1) is 13.2 Å². The quantitative estimate of drug-likeness (QED) is 0.788. The maximum absolute atomic E-state index is 5.40. The Hall–Kier alpha value is -1.51. The zero-order valence-corrected chi connectivity index (χ0v) is 13.7. The molecule has 2 aliphatic rings. The first-order chi connectivity index (χ1) is 10.4. The van der Waals surface area contributed by atoms with E-state index < -0.39 is 0 Å². The van der Waals surface area contributed by atoms with Gasteiger partial charge in [0.25, 0.3) is 0 Å². The summed E-state index contributed by atoms with van der Waals surface area (Å²) in [6.07, 6.45) is 3.60. The van der Waals surface area contributed by atoms with Crippen molar-refractivity contribution in [2.24, 2.45) is 0 Å². The molecule has 0 fully saturated rings. The molecule has 22 heavy (non-hydrogen) atoms. The molecule has 2 nitrogen and oxygen atoms in total. The number of hydrogen-bond acceptors (Lipinski definition) is 2. The zero-order valence-electron chi connectivity index (χ0n) is 12.9. The molecule has 2 aliphatic heterocycles. The number of ether oxygens (including phenoxy) is 1. The van der Waals surface area contributed by atoms with Crippen LogP contribution in [0.15, 0.2) is 42.5 Å². The van der Waals surface area contributed by atoms with Crippen LogP contribution in [0.2, 0.25) is 0 Å². The Kier molecular flexibility index (Phi) is 4.42. The molecule has 0 N–H and O–H groups in total. The molecule has 0 bridgehead atoms. The van der Waals surface area contributed by atoms with Crippen LogP contribution in [0.3, 0.4) is 0 Å². The van der Waals surface area contributed by atoms with Gasteiger partial charge in [0.2, 0.25) is 0 Å². The third kappa shape index (κ3) is 2.51. The summed E-state index contributed by atoms with van der Waals surface area (Å²) in [5, 5.41) is 0. The van der Waals surface area contributed by atoms with Gasteiger partial charge in [0.15, 0.2) is 0 Å². The first-order valence-corrected chi connectivity index (χ1v) is 7.85. The van der Waals surface area contributed by atoms with Crippen molar-refractivity contribution in [1.82, 2.24) is 4.90 Å². The third-order valence-electron chi connectivity index (χ3n) is 4.92. The van der Waals surface area contributed by atoms with Crippen molar-refractivity contribution in [2.45, 2.75) is 25.3 Å². The first kappa shape index (κ1) is 15.4. The molecular weight excluding hydrogens is 294 g/mol. The fraction of sp³-hybridized carbons (Fsp3) is 0.368. The lowest BCUT2D eigenvalue weighted by molar-refractivity contribution is 0.217. The molecule has 116 valence electrons. The molecule has 2 heterocycles. The van der Waals surface area contributed by atoms with Gasteiger partial charge in [-0.2, -0.15) is 0 Å². The molecule has 0 radical (unpaired) electrons. The Morgan fingerprint density at radius 1 is 0.955 bits per heavy atom. The summed E-state index contributed by atoms with van der Waals surface area (Å²) in [7, 11) is 1.75. The standard InChI is InChI=1S/C19H21NO.ClH/c1-21-16-8-9-18-15(13-16)10-12-20-11-4-6-14-5-2-3-7-17(14)19(18)20;/h2-3,5,7-9,13,19H,4,6,10-12H2,1H3;1H. The minimum Gasteiger partial charge on any atom is -0.497 e. The molecule has 0 spiro atoms. The minimum absolute atomic E-state index is 0. The van der Waals surface area contributed by atoms with Crippen LogP contribution in [0, 0.1) is 0 Å². The van der Waals surface area contributed by atoms with Gasteiger partial charge in [-0.25, -0.2) is 0 Å². The van der Waals surface area contributed by atoms with E-state index >= 15 is 0 Å². The molecule has 0 aromatic heterocycles. The lowest BCUT2D eigenvalue weighted by Crippen LogP contribution is -2.36. The van der Waals surface area contributed by atoms with Crippen LogP contribution in [-0.2, 0) is 12.8 Å². The topological polar surface area (TPSA) is 12.5 Å². The number of benzene rings is 2. The molecule has 1 atom stereocenters. The molecule has 4 rings (SSSR count). The Morgan fingerprint density at radius 2 is 1.77 bits per heavy atom. The number of halogens is 1.